The Morgan fingerprint density at radius 2 is 2.21 bits per heavy atom. The molecule has 0 atom stereocenters. The highest BCUT2D eigenvalue weighted by molar-refractivity contribution is 5.41. The smallest absolute Gasteiger partial charge is 0.254 e. The molecule has 2 aromatic rings. The van der Waals surface area contributed by atoms with Crippen LogP contribution in [0.1, 0.15) is 23.9 Å². The predicted molar refractivity (Wildman–Crippen MR) is 54.7 cm³/mol. The summed E-state index contributed by atoms with van der Waals surface area (Å²) in [6, 6.07) is 1.87. The van der Waals surface area contributed by atoms with Gasteiger partial charge in [-0.25, -0.2) is 4.52 Å². The Morgan fingerprint density at radius 1 is 1.50 bits per heavy atom. The van der Waals surface area contributed by atoms with Crippen molar-refractivity contribution in [2.45, 2.75) is 27.2 Å². The van der Waals surface area contributed by atoms with E-state index in [1.807, 2.05) is 26.8 Å². The molecule has 0 aliphatic carbocycles. The monoisotopic (exact) mass is 191 g/mol. The third-order valence-electron chi connectivity index (χ3n) is 2.46. The highest BCUT2D eigenvalue weighted by atomic mass is 16.1. The predicted octanol–water partition coefficient (Wildman–Crippen LogP) is 1.20. The van der Waals surface area contributed by atoms with Crippen molar-refractivity contribution in [1.29, 1.82) is 0 Å². The van der Waals surface area contributed by atoms with Gasteiger partial charge in [-0.3, -0.25) is 4.79 Å². The molecule has 0 saturated heterocycles. The van der Waals surface area contributed by atoms with Gasteiger partial charge in [-0.05, 0) is 20.3 Å². The fraction of sp³-hybridized carbons (Fsp3) is 0.400. The van der Waals surface area contributed by atoms with Gasteiger partial charge in [0.1, 0.15) is 5.65 Å². The molecule has 0 aliphatic rings. The van der Waals surface area contributed by atoms with Crippen molar-refractivity contribution < 1.29 is 0 Å². The van der Waals surface area contributed by atoms with E-state index in [1.54, 1.807) is 4.52 Å². The molecule has 0 unspecified atom stereocenters. The quantitative estimate of drug-likeness (QED) is 0.736. The first-order valence-corrected chi connectivity index (χ1v) is 4.71. The third kappa shape index (κ3) is 1.14. The van der Waals surface area contributed by atoms with Gasteiger partial charge in [0.2, 0.25) is 0 Å². The molecular weight excluding hydrogens is 178 g/mol. The largest absolute Gasteiger partial charge is 0.307 e. The molecule has 0 saturated carbocycles. The molecule has 74 valence electrons. The Balaban J connectivity index is 2.92. The molecule has 2 rings (SSSR count). The van der Waals surface area contributed by atoms with E-state index >= 15 is 0 Å². The second-order valence-corrected chi connectivity index (χ2v) is 3.45. The number of rotatable bonds is 1. The van der Waals surface area contributed by atoms with Crippen LogP contribution in [0.4, 0.5) is 0 Å². The average Bonchev–Trinajstić information content (AvgIpc) is 2.47. The topological polar surface area (TPSA) is 50.2 Å². The van der Waals surface area contributed by atoms with E-state index in [0.717, 1.165) is 29.0 Å². The first kappa shape index (κ1) is 8.99. The maximum atomic E-state index is 11.6. The van der Waals surface area contributed by atoms with Crippen LogP contribution in [0.2, 0.25) is 0 Å². The molecule has 14 heavy (non-hydrogen) atoms. The van der Waals surface area contributed by atoms with Gasteiger partial charge >= 0.3 is 0 Å². The minimum absolute atomic E-state index is 0.00241. The standard InChI is InChI=1S/C10H13N3O/c1-4-8-7(3)13-9(11-10(8)14)5-6(2)12-13/h5H,4H2,1-3H3,(H,11,14). The van der Waals surface area contributed by atoms with Crippen molar-refractivity contribution in [2.24, 2.45) is 0 Å². The van der Waals surface area contributed by atoms with Gasteiger partial charge in [-0.15, -0.1) is 0 Å². The van der Waals surface area contributed by atoms with Crippen LogP contribution in [0.25, 0.3) is 5.65 Å². The minimum atomic E-state index is -0.00241. The number of H-pyrrole nitrogens is 1. The minimum Gasteiger partial charge on any atom is -0.307 e. The number of fused-ring (bicyclic) bond motifs is 1. The summed E-state index contributed by atoms with van der Waals surface area (Å²) in [5, 5.41) is 4.31. The van der Waals surface area contributed by atoms with Crippen molar-refractivity contribution in [2.75, 3.05) is 0 Å². The zero-order valence-electron chi connectivity index (χ0n) is 8.59. The zero-order valence-corrected chi connectivity index (χ0v) is 8.59. The first-order valence-electron chi connectivity index (χ1n) is 4.71. The Kier molecular flexibility index (Phi) is 1.91. The zero-order chi connectivity index (χ0) is 10.3. The van der Waals surface area contributed by atoms with Crippen molar-refractivity contribution in [3.05, 3.63) is 33.4 Å². The number of aromatic nitrogens is 3. The van der Waals surface area contributed by atoms with Crippen molar-refractivity contribution in [1.82, 2.24) is 14.6 Å². The third-order valence-corrected chi connectivity index (χ3v) is 2.46. The Labute approximate surface area is 81.6 Å². The van der Waals surface area contributed by atoms with E-state index in [-0.39, 0.29) is 5.56 Å². The lowest BCUT2D eigenvalue weighted by atomic mass is 10.2. The lowest BCUT2D eigenvalue weighted by Crippen LogP contribution is -2.17. The van der Waals surface area contributed by atoms with Crippen LogP contribution >= 0.6 is 0 Å². The average molecular weight is 191 g/mol. The Bertz CT molecular complexity index is 536. The number of aryl methyl sites for hydroxylation is 2. The lowest BCUT2D eigenvalue weighted by Gasteiger charge is -2.03. The molecule has 0 spiro atoms. The van der Waals surface area contributed by atoms with Crippen LogP contribution in [0.15, 0.2) is 10.9 Å². The van der Waals surface area contributed by atoms with E-state index < -0.39 is 0 Å². The summed E-state index contributed by atoms with van der Waals surface area (Å²) in [5.41, 5.74) is 3.41. The summed E-state index contributed by atoms with van der Waals surface area (Å²) >= 11 is 0. The van der Waals surface area contributed by atoms with Gasteiger partial charge in [0.25, 0.3) is 5.56 Å². The summed E-state index contributed by atoms with van der Waals surface area (Å²) in [5.74, 6) is 0. The fourth-order valence-electron chi connectivity index (χ4n) is 1.74. The van der Waals surface area contributed by atoms with Crippen LogP contribution in [0.3, 0.4) is 0 Å². The van der Waals surface area contributed by atoms with Gasteiger partial charge < -0.3 is 4.98 Å². The van der Waals surface area contributed by atoms with E-state index in [1.165, 1.54) is 0 Å². The summed E-state index contributed by atoms with van der Waals surface area (Å²) in [7, 11) is 0. The van der Waals surface area contributed by atoms with Crippen LogP contribution in [-0.4, -0.2) is 14.6 Å². The van der Waals surface area contributed by atoms with Gasteiger partial charge in [0.05, 0.1) is 5.69 Å². The van der Waals surface area contributed by atoms with Gasteiger partial charge in [0, 0.05) is 17.3 Å². The SMILES string of the molecule is CCc1c(C)n2nc(C)cc2[nH]c1=O. The number of aromatic amines is 1. The molecule has 4 heteroatoms. The summed E-state index contributed by atoms with van der Waals surface area (Å²) in [4.78, 5) is 14.4. The van der Waals surface area contributed by atoms with Crippen molar-refractivity contribution >= 4 is 5.65 Å². The van der Waals surface area contributed by atoms with Crippen LogP contribution in [0.5, 0.6) is 0 Å². The molecule has 4 nitrogen and oxygen atoms in total. The van der Waals surface area contributed by atoms with Crippen molar-refractivity contribution in [3.8, 4) is 0 Å². The van der Waals surface area contributed by atoms with E-state index in [0.29, 0.717) is 0 Å². The summed E-state index contributed by atoms with van der Waals surface area (Å²) in [6.07, 6.45) is 0.732. The molecule has 0 aliphatic heterocycles. The first-order chi connectivity index (χ1) is 6.63. The number of hydrogen-bond acceptors (Lipinski definition) is 2. The van der Waals surface area contributed by atoms with E-state index in [2.05, 4.69) is 10.1 Å². The molecule has 0 aromatic carbocycles. The van der Waals surface area contributed by atoms with Gasteiger partial charge in [-0.2, -0.15) is 5.10 Å². The molecule has 1 N–H and O–H groups in total. The number of nitrogens with zero attached hydrogens (tertiary/aromatic N) is 2. The normalized spacial score (nSPS) is 11.1. The lowest BCUT2D eigenvalue weighted by molar-refractivity contribution is 0.840. The maximum absolute atomic E-state index is 11.6. The maximum Gasteiger partial charge on any atom is 0.254 e. The van der Waals surface area contributed by atoms with Crippen LogP contribution in [-0.2, 0) is 6.42 Å². The summed E-state index contributed by atoms with van der Waals surface area (Å²) < 4.78 is 1.79. The molecular formula is C10H13N3O. The summed E-state index contributed by atoms with van der Waals surface area (Å²) in [6.45, 7) is 5.81. The molecule has 0 radical (unpaired) electrons. The molecule has 0 amide bonds. The molecule has 0 bridgehead atoms. The molecule has 2 heterocycles. The molecule has 2 aromatic heterocycles. The van der Waals surface area contributed by atoms with Gasteiger partial charge in [0.15, 0.2) is 0 Å². The van der Waals surface area contributed by atoms with E-state index in [9.17, 15) is 4.79 Å². The van der Waals surface area contributed by atoms with E-state index in [4.69, 9.17) is 0 Å². The highest BCUT2D eigenvalue weighted by Crippen LogP contribution is 2.07. The number of nitrogens with one attached hydrogen (secondary N) is 1. The Morgan fingerprint density at radius 3 is 2.86 bits per heavy atom. The Hall–Kier alpha value is -1.58. The van der Waals surface area contributed by atoms with Crippen LogP contribution in [0, 0.1) is 13.8 Å². The second kappa shape index (κ2) is 2.97. The fourth-order valence-corrected chi connectivity index (χ4v) is 1.74. The second-order valence-electron chi connectivity index (χ2n) is 3.45. The van der Waals surface area contributed by atoms with Crippen molar-refractivity contribution in [3.63, 3.8) is 0 Å². The number of hydrogen-bond donors (Lipinski definition) is 1. The highest BCUT2D eigenvalue weighted by Gasteiger charge is 2.08. The van der Waals surface area contributed by atoms with Gasteiger partial charge in [-0.1, -0.05) is 6.92 Å². The molecule has 0 fully saturated rings. The van der Waals surface area contributed by atoms with Crippen LogP contribution < -0.4 is 5.56 Å².